The van der Waals surface area contributed by atoms with Gasteiger partial charge in [0, 0.05) is 13.2 Å². The highest BCUT2D eigenvalue weighted by Gasteiger charge is 2.12. The molecule has 0 bridgehead atoms. The Balaban J connectivity index is 0.000000921. The molecule has 2 heteroatoms. The van der Waals surface area contributed by atoms with Crippen molar-refractivity contribution < 1.29 is 4.74 Å². The summed E-state index contributed by atoms with van der Waals surface area (Å²) in [5.41, 5.74) is 0.0327. The molecule has 1 aliphatic rings. The van der Waals surface area contributed by atoms with E-state index in [1.54, 1.807) is 0 Å². The second-order valence-corrected chi connectivity index (χ2v) is 4.86. The van der Waals surface area contributed by atoms with Crippen molar-refractivity contribution in [1.82, 2.24) is 4.90 Å². The minimum atomic E-state index is 0.0327. The molecule has 92 valence electrons. The molecule has 1 fully saturated rings. The second kappa shape index (κ2) is 8.12. The lowest BCUT2D eigenvalue weighted by Gasteiger charge is -2.21. The molecule has 0 saturated carbocycles. The monoisotopic (exact) mass is 215 g/mol. The highest BCUT2D eigenvalue weighted by molar-refractivity contribution is 4.66. The van der Waals surface area contributed by atoms with Crippen LogP contribution in [0.3, 0.4) is 0 Å². The SMILES string of the molecule is CC.CC(C)(C)OCCCN1CCCC1. The van der Waals surface area contributed by atoms with Crippen molar-refractivity contribution in [2.45, 2.75) is 59.5 Å². The van der Waals surface area contributed by atoms with Crippen LogP contribution in [0.4, 0.5) is 0 Å². The molecule has 0 aromatic carbocycles. The van der Waals surface area contributed by atoms with Gasteiger partial charge in [-0.3, -0.25) is 0 Å². The molecular formula is C13H29NO. The van der Waals surface area contributed by atoms with Gasteiger partial charge in [0.05, 0.1) is 5.60 Å². The predicted molar refractivity (Wildman–Crippen MR) is 67.3 cm³/mol. The quantitative estimate of drug-likeness (QED) is 0.667. The Bertz CT molecular complexity index is 134. The Morgan fingerprint density at radius 1 is 1.07 bits per heavy atom. The fourth-order valence-corrected chi connectivity index (χ4v) is 1.67. The lowest BCUT2D eigenvalue weighted by Crippen LogP contribution is -2.24. The van der Waals surface area contributed by atoms with Crippen molar-refractivity contribution in [1.29, 1.82) is 0 Å². The van der Waals surface area contributed by atoms with Crippen molar-refractivity contribution in [3.63, 3.8) is 0 Å². The number of hydrogen-bond acceptors (Lipinski definition) is 2. The standard InChI is InChI=1S/C11H23NO.C2H6/c1-11(2,3)13-10-6-9-12-7-4-5-8-12;1-2/h4-10H2,1-3H3;1-2H3. The van der Waals surface area contributed by atoms with Gasteiger partial charge in [-0.05, 0) is 53.1 Å². The number of likely N-dealkylation sites (tertiary alicyclic amines) is 1. The van der Waals surface area contributed by atoms with Crippen molar-refractivity contribution in [3.8, 4) is 0 Å². The van der Waals surface area contributed by atoms with E-state index in [-0.39, 0.29) is 5.60 Å². The second-order valence-electron chi connectivity index (χ2n) is 4.86. The highest BCUT2D eigenvalue weighted by atomic mass is 16.5. The van der Waals surface area contributed by atoms with E-state index in [1.807, 2.05) is 13.8 Å². The normalized spacial score (nSPS) is 17.4. The molecule has 0 N–H and O–H groups in total. The van der Waals surface area contributed by atoms with Crippen molar-refractivity contribution in [2.75, 3.05) is 26.2 Å². The lowest BCUT2D eigenvalue weighted by molar-refractivity contribution is -0.00632. The average Bonchev–Trinajstić information content (AvgIpc) is 2.67. The van der Waals surface area contributed by atoms with Crippen molar-refractivity contribution >= 4 is 0 Å². The van der Waals surface area contributed by atoms with Crippen LogP contribution in [0.1, 0.15) is 53.9 Å². The lowest BCUT2D eigenvalue weighted by atomic mass is 10.2. The Labute approximate surface area is 96.0 Å². The van der Waals surface area contributed by atoms with E-state index >= 15 is 0 Å². The van der Waals surface area contributed by atoms with Gasteiger partial charge in [0.2, 0.25) is 0 Å². The van der Waals surface area contributed by atoms with E-state index in [0.29, 0.717) is 0 Å². The zero-order valence-corrected chi connectivity index (χ0v) is 11.3. The molecule has 2 nitrogen and oxygen atoms in total. The maximum absolute atomic E-state index is 5.66. The van der Waals surface area contributed by atoms with Crippen LogP contribution in [0.25, 0.3) is 0 Å². The summed E-state index contributed by atoms with van der Waals surface area (Å²) >= 11 is 0. The first-order valence-electron chi connectivity index (χ1n) is 6.44. The first-order valence-corrected chi connectivity index (χ1v) is 6.44. The molecule has 0 unspecified atom stereocenters. The van der Waals surface area contributed by atoms with Gasteiger partial charge in [-0.25, -0.2) is 0 Å². The van der Waals surface area contributed by atoms with E-state index in [0.717, 1.165) is 6.61 Å². The maximum atomic E-state index is 5.66. The minimum Gasteiger partial charge on any atom is -0.376 e. The number of rotatable bonds is 4. The zero-order chi connectivity index (χ0) is 11.7. The van der Waals surface area contributed by atoms with Gasteiger partial charge in [0.15, 0.2) is 0 Å². The third kappa shape index (κ3) is 8.88. The van der Waals surface area contributed by atoms with Gasteiger partial charge in [0.1, 0.15) is 0 Å². The van der Waals surface area contributed by atoms with Gasteiger partial charge < -0.3 is 9.64 Å². The number of nitrogens with zero attached hydrogens (tertiary/aromatic N) is 1. The molecule has 0 spiro atoms. The molecule has 0 radical (unpaired) electrons. The molecule has 0 amide bonds. The highest BCUT2D eigenvalue weighted by Crippen LogP contribution is 2.10. The molecular weight excluding hydrogens is 186 g/mol. The van der Waals surface area contributed by atoms with Crippen LogP contribution in [-0.4, -0.2) is 36.7 Å². The van der Waals surface area contributed by atoms with Crippen LogP contribution in [0, 0.1) is 0 Å². The third-order valence-electron chi connectivity index (χ3n) is 2.35. The minimum absolute atomic E-state index is 0.0327. The Kier molecular flexibility index (Phi) is 8.07. The first kappa shape index (κ1) is 14.9. The summed E-state index contributed by atoms with van der Waals surface area (Å²) in [6.07, 6.45) is 3.96. The smallest absolute Gasteiger partial charge is 0.0598 e. The largest absolute Gasteiger partial charge is 0.376 e. The van der Waals surface area contributed by atoms with Crippen LogP contribution >= 0.6 is 0 Å². The third-order valence-corrected chi connectivity index (χ3v) is 2.35. The molecule has 0 aromatic rings. The Morgan fingerprint density at radius 2 is 1.60 bits per heavy atom. The summed E-state index contributed by atoms with van der Waals surface area (Å²) in [4.78, 5) is 2.53. The van der Waals surface area contributed by atoms with Crippen LogP contribution in [-0.2, 0) is 4.74 Å². The molecule has 15 heavy (non-hydrogen) atoms. The van der Waals surface area contributed by atoms with Gasteiger partial charge >= 0.3 is 0 Å². The van der Waals surface area contributed by atoms with E-state index < -0.39 is 0 Å². The topological polar surface area (TPSA) is 12.5 Å². The van der Waals surface area contributed by atoms with Gasteiger partial charge in [-0.2, -0.15) is 0 Å². The Hall–Kier alpha value is -0.0800. The average molecular weight is 215 g/mol. The van der Waals surface area contributed by atoms with E-state index in [2.05, 4.69) is 25.7 Å². The molecule has 1 heterocycles. The molecule has 1 rings (SSSR count). The summed E-state index contributed by atoms with van der Waals surface area (Å²) in [5.74, 6) is 0. The van der Waals surface area contributed by atoms with Crippen LogP contribution < -0.4 is 0 Å². The maximum Gasteiger partial charge on any atom is 0.0598 e. The first-order chi connectivity index (χ1) is 7.08. The fourth-order valence-electron chi connectivity index (χ4n) is 1.67. The van der Waals surface area contributed by atoms with Crippen LogP contribution in [0.15, 0.2) is 0 Å². The summed E-state index contributed by atoms with van der Waals surface area (Å²) < 4.78 is 5.66. The van der Waals surface area contributed by atoms with E-state index in [1.165, 1.54) is 38.9 Å². The molecule has 1 aliphatic heterocycles. The summed E-state index contributed by atoms with van der Waals surface area (Å²) in [6, 6.07) is 0. The number of hydrogen-bond donors (Lipinski definition) is 0. The summed E-state index contributed by atoms with van der Waals surface area (Å²) in [6.45, 7) is 15.1. The number of ether oxygens (including phenoxy) is 1. The molecule has 1 saturated heterocycles. The summed E-state index contributed by atoms with van der Waals surface area (Å²) in [7, 11) is 0. The molecule has 0 aliphatic carbocycles. The predicted octanol–water partition coefficient (Wildman–Crippen LogP) is 3.31. The summed E-state index contributed by atoms with van der Waals surface area (Å²) in [5, 5.41) is 0. The van der Waals surface area contributed by atoms with Crippen molar-refractivity contribution in [2.24, 2.45) is 0 Å². The van der Waals surface area contributed by atoms with Gasteiger partial charge in [-0.15, -0.1) is 0 Å². The zero-order valence-electron chi connectivity index (χ0n) is 11.3. The Morgan fingerprint density at radius 3 is 2.07 bits per heavy atom. The van der Waals surface area contributed by atoms with Gasteiger partial charge in [0.25, 0.3) is 0 Å². The molecule has 0 aromatic heterocycles. The van der Waals surface area contributed by atoms with Crippen LogP contribution in [0.5, 0.6) is 0 Å². The van der Waals surface area contributed by atoms with Gasteiger partial charge in [-0.1, -0.05) is 13.8 Å². The van der Waals surface area contributed by atoms with E-state index in [4.69, 9.17) is 4.74 Å². The van der Waals surface area contributed by atoms with Crippen LogP contribution in [0.2, 0.25) is 0 Å². The molecule has 0 atom stereocenters. The fraction of sp³-hybridized carbons (Fsp3) is 1.00. The van der Waals surface area contributed by atoms with Crippen molar-refractivity contribution in [3.05, 3.63) is 0 Å². The van der Waals surface area contributed by atoms with E-state index in [9.17, 15) is 0 Å².